The smallest absolute Gasteiger partial charge is 0.255 e. The molecule has 0 aliphatic heterocycles. The van der Waals surface area contributed by atoms with Crippen LogP contribution in [-0.4, -0.2) is 21.6 Å². The van der Waals surface area contributed by atoms with Crippen LogP contribution in [0.25, 0.3) is 0 Å². The van der Waals surface area contributed by atoms with Crippen molar-refractivity contribution in [2.24, 2.45) is 7.05 Å². The predicted octanol–water partition coefficient (Wildman–Crippen LogP) is 4.24. The van der Waals surface area contributed by atoms with Gasteiger partial charge in [-0.05, 0) is 74.7 Å². The second-order valence-corrected chi connectivity index (χ2v) is 7.65. The molecule has 2 aromatic carbocycles. The average Bonchev–Trinajstić information content (AvgIpc) is 2.98. The zero-order chi connectivity index (χ0) is 22.5. The minimum atomic E-state index is -0.386. The molecule has 162 valence electrons. The number of aryl methyl sites for hydroxylation is 2. The van der Waals surface area contributed by atoms with Crippen LogP contribution in [0.4, 0.5) is 10.1 Å². The maximum absolute atomic E-state index is 13.0. The minimum absolute atomic E-state index is 0.0242. The summed E-state index contributed by atoms with van der Waals surface area (Å²) in [5.41, 5.74) is 5.09. The van der Waals surface area contributed by atoms with Crippen molar-refractivity contribution in [2.45, 2.75) is 39.7 Å². The Balaban J connectivity index is 1.53. The van der Waals surface area contributed by atoms with Gasteiger partial charge in [0.25, 0.3) is 5.91 Å². The van der Waals surface area contributed by atoms with E-state index in [2.05, 4.69) is 15.7 Å². The second kappa shape index (κ2) is 9.55. The molecule has 0 aliphatic rings. The number of aromatic nitrogens is 2. The van der Waals surface area contributed by atoms with E-state index in [1.807, 2.05) is 44.6 Å². The van der Waals surface area contributed by atoms with E-state index in [0.717, 1.165) is 22.5 Å². The van der Waals surface area contributed by atoms with E-state index in [1.165, 1.54) is 24.3 Å². The van der Waals surface area contributed by atoms with E-state index in [9.17, 15) is 14.0 Å². The first-order chi connectivity index (χ1) is 14.7. The van der Waals surface area contributed by atoms with Crippen molar-refractivity contribution < 1.29 is 14.0 Å². The molecule has 2 N–H and O–H groups in total. The van der Waals surface area contributed by atoms with Crippen LogP contribution in [0, 0.1) is 19.7 Å². The van der Waals surface area contributed by atoms with Crippen LogP contribution in [0.2, 0.25) is 0 Å². The van der Waals surface area contributed by atoms with Crippen molar-refractivity contribution in [1.29, 1.82) is 0 Å². The van der Waals surface area contributed by atoms with Gasteiger partial charge in [0.2, 0.25) is 5.91 Å². The van der Waals surface area contributed by atoms with Gasteiger partial charge in [0.15, 0.2) is 0 Å². The second-order valence-electron chi connectivity index (χ2n) is 7.65. The highest BCUT2D eigenvalue weighted by Gasteiger charge is 2.14. The summed E-state index contributed by atoms with van der Waals surface area (Å²) in [6.07, 6.45) is 1.04. The van der Waals surface area contributed by atoms with Crippen LogP contribution >= 0.6 is 0 Å². The fourth-order valence-electron chi connectivity index (χ4n) is 3.47. The molecule has 0 radical (unpaired) electrons. The average molecular weight is 423 g/mol. The van der Waals surface area contributed by atoms with Gasteiger partial charge in [-0.25, -0.2) is 4.39 Å². The normalized spacial score (nSPS) is 11.8. The molecule has 0 saturated heterocycles. The molecule has 1 atom stereocenters. The number of hydrogen-bond acceptors (Lipinski definition) is 3. The highest BCUT2D eigenvalue weighted by atomic mass is 19.1. The van der Waals surface area contributed by atoms with Crippen LogP contribution in [0.15, 0.2) is 48.5 Å². The number of benzene rings is 2. The molecule has 0 aliphatic carbocycles. The Labute approximate surface area is 181 Å². The molecule has 2 amide bonds. The Bertz CT molecular complexity index is 1070. The summed E-state index contributed by atoms with van der Waals surface area (Å²) in [5, 5.41) is 10.2. The van der Waals surface area contributed by atoms with Gasteiger partial charge in [0.1, 0.15) is 5.82 Å². The van der Waals surface area contributed by atoms with Crippen molar-refractivity contribution in [2.75, 3.05) is 5.32 Å². The van der Waals surface area contributed by atoms with E-state index in [-0.39, 0.29) is 23.7 Å². The van der Waals surface area contributed by atoms with Crippen molar-refractivity contribution in [3.63, 3.8) is 0 Å². The van der Waals surface area contributed by atoms with Gasteiger partial charge >= 0.3 is 0 Å². The Morgan fingerprint density at radius 1 is 1.06 bits per heavy atom. The van der Waals surface area contributed by atoms with Crippen molar-refractivity contribution in [3.8, 4) is 0 Å². The van der Waals surface area contributed by atoms with Gasteiger partial charge in [-0.1, -0.05) is 12.1 Å². The van der Waals surface area contributed by atoms with Crippen LogP contribution in [0.5, 0.6) is 0 Å². The van der Waals surface area contributed by atoms with Crippen LogP contribution in [0.1, 0.15) is 52.3 Å². The lowest BCUT2D eigenvalue weighted by Crippen LogP contribution is -2.26. The number of anilines is 1. The molecule has 7 heteroatoms. The quantitative estimate of drug-likeness (QED) is 0.598. The molecule has 3 aromatic rings. The molecular weight excluding hydrogens is 395 g/mol. The standard InChI is InChI=1S/C24H27FN4O2/c1-15(26-23(30)14-13-22-16(2)28-29(4)17(22)3)18-7-11-21(12-8-18)27-24(31)19-5-9-20(25)10-6-19/h5-12,15H,13-14H2,1-4H3,(H,26,30)(H,27,31). The summed E-state index contributed by atoms with van der Waals surface area (Å²) in [6.45, 7) is 5.89. The number of rotatable bonds is 7. The number of hydrogen-bond donors (Lipinski definition) is 2. The van der Waals surface area contributed by atoms with Crippen molar-refractivity contribution in [3.05, 3.63) is 82.4 Å². The van der Waals surface area contributed by atoms with Crippen LogP contribution in [0.3, 0.4) is 0 Å². The Hall–Kier alpha value is -3.48. The summed E-state index contributed by atoms with van der Waals surface area (Å²) in [5.74, 6) is -0.721. The Morgan fingerprint density at radius 2 is 1.71 bits per heavy atom. The number of carbonyl (C=O) groups excluding carboxylic acids is 2. The molecule has 0 fully saturated rings. The molecule has 6 nitrogen and oxygen atoms in total. The Morgan fingerprint density at radius 3 is 2.29 bits per heavy atom. The van der Waals surface area contributed by atoms with Crippen molar-refractivity contribution >= 4 is 17.5 Å². The largest absolute Gasteiger partial charge is 0.350 e. The number of carbonyl (C=O) groups is 2. The van der Waals surface area contributed by atoms with E-state index >= 15 is 0 Å². The van der Waals surface area contributed by atoms with Gasteiger partial charge in [0.05, 0.1) is 11.7 Å². The highest BCUT2D eigenvalue weighted by molar-refractivity contribution is 6.04. The van der Waals surface area contributed by atoms with E-state index in [0.29, 0.717) is 24.1 Å². The van der Waals surface area contributed by atoms with Gasteiger partial charge < -0.3 is 10.6 Å². The lowest BCUT2D eigenvalue weighted by atomic mass is 10.1. The molecule has 0 saturated carbocycles. The molecular formula is C24H27FN4O2. The molecule has 3 rings (SSSR count). The van der Waals surface area contributed by atoms with Gasteiger partial charge in [-0.2, -0.15) is 5.10 Å². The van der Waals surface area contributed by atoms with Gasteiger partial charge in [0, 0.05) is 30.4 Å². The van der Waals surface area contributed by atoms with Crippen LogP contribution < -0.4 is 10.6 Å². The summed E-state index contributed by atoms with van der Waals surface area (Å²) in [6, 6.07) is 12.5. The predicted molar refractivity (Wildman–Crippen MR) is 118 cm³/mol. The first-order valence-corrected chi connectivity index (χ1v) is 10.2. The molecule has 31 heavy (non-hydrogen) atoms. The fourth-order valence-corrected chi connectivity index (χ4v) is 3.47. The molecule has 0 spiro atoms. The van der Waals surface area contributed by atoms with E-state index < -0.39 is 0 Å². The van der Waals surface area contributed by atoms with Crippen LogP contribution in [-0.2, 0) is 18.3 Å². The van der Waals surface area contributed by atoms with E-state index in [4.69, 9.17) is 0 Å². The molecule has 1 aromatic heterocycles. The lowest BCUT2D eigenvalue weighted by molar-refractivity contribution is -0.121. The summed E-state index contributed by atoms with van der Waals surface area (Å²) in [4.78, 5) is 24.6. The Kier molecular flexibility index (Phi) is 6.84. The maximum Gasteiger partial charge on any atom is 0.255 e. The first-order valence-electron chi connectivity index (χ1n) is 10.2. The number of nitrogens with zero attached hydrogens (tertiary/aromatic N) is 2. The third kappa shape index (κ3) is 5.57. The third-order valence-electron chi connectivity index (χ3n) is 5.41. The maximum atomic E-state index is 13.0. The number of halogens is 1. The fraction of sp³-hybridized carbons (Fsp3) is 0.292. The minimum Gasteiger partial charge on any atom is -0.350 e. The van der Waals surface area contributed by atoms with Crippen molar-refractivity contribution in [1.82, 2.24) is 15.1 Å². The summed E-state index contributed by atoms with van der Waals surface area (Å²) >= 11 is 0. The lowest BCUT2D eigenvalue weighted by Gasteiger charge is -2.15. The monoisotopic (exact) mass is 422 g/mol. The molecule has 1 heterocycles. The van der Waals surface area contributed by atoms with Gasteiger partial charge in [-0.15, -0.1) is 0 Å². The topological polar surface area (TPSA) is 76.0 Å². The molecule has 1 unspecified atom stereocenters. The third-order valence-corrected chi connectivity index (χ3v) is 5.41. The number of amides is 2. The first kappa shape index (κ1) is 22.2. The summed E-state index contributed by atoms with van der Waals surface area (Å²) < 4.78 is 14.8. The number of nitrogens with one attached hydrogen (secondary N) is 2. The van der Waals surface area contributed by atoms with E-state index in [1.54, 1.807) is 12.1 Å². The highest BCUT2D eigenvalue weighted by Crippen LogP contribution is 2.18. The van der Waals surface area contributed by atoms with Gasteiger partial charge in [-0.3, -0.25) is 14.3 Å². The molecule has 0 bridgehead atoms. The zero-order valence-corrected chi connectivity index (χ0v) is 18.2. The zero-order valence-electron chi connectivity index (χ0n) is 18.2. The SMILES string of the molecule is Cc1nn(C)c(C)c1CCC(=O)NC(C)c1ccc(NC(=O)c2ccc(F)cc2)cc1. The summed E-state index contributed by atoms with van der Waals surface area (Å²) in [7, 11) is 1.90.